The summed E-state index contributed by atoms with van der Waals surface area (Å²) in [6, 6.07) is 5.95. The second kappa shape index (κ2) is 6.16. The van der Waals surface area contributed by atoms with Crippen LogP contribution >= 0.6 is 0 Å². The summed E-state index contributed by atoms with van der Waals surface area (Å²) in [5.74, 6) is 0.181. The summed E-state index contributed by atoms with van der Waals surface area (Å²) in [6.07, 6.45) is 6.07. The van der Waals surface area contributed by atoms with Crippen LogP contribution in [0, 0.1) is 0 Å². The second-order valence-corrected chi connectivity index (χ2v) is 5.64. The number of benzene rings is 1. The largest absolute Gasteiger partial charge is 0.382 e. The Balaban J connectivity index is 1.82. The molecule has 3 rings (SSSR count). The van der Waals surface area contributed by atoms with Crippen LogP contribution < -0.4 is 10.6 Å². The van der Waals surface area contributed by atoms with E-state index in [4.69, 9.17) is 0 Å². The monoisotopic (exact) mass is 273 g/mol. The molecule has 0 unspecified atom stereocenters. The van der Waals surface area contributed by atoms with E-state index in [0.29, 0.717) is 0 Å². The molecule has 1 saturated heterocycles. The van der Waals surface area contributed by atoms with E-state index >= 15 is 0 Å². The van der Waals surface area contributed by atoms with Crippen molar-refractivity contribution in [3.63, 3.8) is 0 Å². The number of anilines is 2. The average molecular weight is 273 g/mol. The molecule has 0 aromatic heterocycles. The number of fused-ring (bicyclic) bond motifs is 1. The van der Waals surface area contributed by atoms with Crippen LogP contribution in [0.2, 0.25) is 0 Å². The van der Waals surface area contributed by atoms with Gasteiger partial charge in [0, 0.05) is 26.2 Å². The van der Waals surface area contributed by atoms with Gasteiger partial charge in [-0.25, -0.2) is 0 Å². The molecule has 1 aromatic carbocycles. The van der Waals surface area contributed by atoms with Crippen molar-refractivity contribution in [2.75, 3.05) is 36.8 Å². The summed E-state index contributed by atoms with van der Waals surface area (Å²) in [7, 11) is 0. The van der Waals surface area contributed by atoms with Crippen LogP contribution in [-0.2, 0) is 0 Å². The topological polar surface area (TPSA) is 44.4 Å². The Hall–Kier alpha value is -1.71. The number of rotatable bonds is 1. The first-order valence-electron chi connectivity index (χ1n) is 7.76. The van der Waals surface area contributed by atoms with E-state index in [-0.39, 0.29) is 5.91 Å². The lowest BCUT2D eigenvalue weighted by Crippen LogP contribution is -2.35. The van der Waals surface area contributed by atoms with E-state index in [1.54, 1.807) is 0 Å². The molecule has 0 spiro atoms. The summed E-state index contributed by atoms with van der Waals surface area (Å²) >= 11 is 0. The third-order valence-corrected chi connectivity index (χ3v) is 4.18. The molecule has 2 N–H and O–H groups in total. The van der Waals surface area contributed by atoms with Crippen molar-refractivity contribution in [3.05, 3.63) is 23.8 Å². The summed E-state index contributed by atoms with van der Waals surface area (Å²) in [6.45, 7) is 3.58. The van der Waals surface area contributed by atoms with Gasteiger partial charge in [-0.1, -0.05) is 25.3 Å². The number of carbonyl (C=O) groups excluding carboxylic acids is 1. The number of para-hydroxylation sites is 1. The molecule has 20 heavy (non-hydrogen) atoms. The molecule has 2 heterocycles. The van der Waals surface area contributed by atoms with Gasteiger partial charge >= 0.3 is 0 Å². The van der Waals surface area contributed by atoms with E-state index in [0.717, 1.165) is 56.0 Å². The van der Waals surface area contributed by atoms with E-state index in [1.807, 2.05) is 23.1 Å². The average Bonchev–Trinajstić information content (AvgIpc) is 2.46. The number of nitrogens with zero attached hydrogens (tertiary/aromatic N) is 1. The zero-order chi connectivity index (χ0) is 13.8. The molecule has 2 aliphatic rings. The predicted octanol–water partition coefficient (Wildman–Crippen LogP) is 2.93. The summed E-state index contributed by atoms with van der Waals surface area (Å²) in [4.78, 5) is 14.8. The minimum atomic E-state index is 0.181. The Morgan fingerprint density at radius 2 is 1.65 bits per heavy atom. The Morgan fingerprint density at radius 1 is 0.950 bits per heavy atom. The summed E-state index contributed by atoms with van der Waals surface area (Å²) in [5, 5.41) is 6.72. The predicted molar refractivity (Wildman–Crippen MR) is 82.4 cm³/mol. The first-order chi connectivity index (χ1) is 9.86. The lowest BCUT2D eigenvalue weighted by atomic mass is 10.1. The molecule has 1 aromatic rings. The van der Waals surface area contributed by atoms with E-state index in [2.05, 4.69) is 10.6 Å². The van der Waals surface area contributed by atoms with E-state index in [9.17, 15) is 4.79 Å². The Morgan fingerprint density at radius 3 is 2.45 bits per heavy atom. The molecule has 0 aliphatic carbocycles. The standard InChI is InChI=1S/C16H23N3O/c20-16(19-11-4-2-1-3-5-12-19)13-7-6-8-14-15(13)18-10-9-17-14/h6-8,17-18H,1-5,9-12H2. The van der Waals surface area contributed by atoms with E-state index < -0.39 is 0 Å². The number of likely N-dealkylation sites (tertiary alicyclic amines) is 1. The van der Waals surface area contributed by atoms with Crippen molar-refractivity contribution in [2.45, 2.75) is 32.1 Å². The van der Waals surface area contributed by atoms with Crippen LogP contribution in [0.5, 0.6) is 0 Å². The summed E-state index contributed by atoms with van der Waals surface area (Å²) in [5.41, 5.74) is 2.84. The van der Waals surface area contributed by atoms with Crippen molar-refractivity contribution >= 4 is 17.3 Å². The molecular weight excluding hydrogens is 250 g/mol. The smallest absolute Gasteiger partial charge is 0.256 e. The highest BCUT2D eigenvalue weighted by Gasteiger charge is 2.22. The van der Waals surface area contributed by atoms with Gasteiger partial charge in [0.25, 0.3) is 5.91 Å². The van der Waals surface area contributed by atoms with Gasteiger partial charge in [0.2, 0.25) is 0 Å². The number of hydrogen-bond acceptors (Lipinski definition) is 3. The van der Waals surface area contributed by atoms with Gasteiger partial charge in [0.15, 0.2) is 0 Å². The SMILES string of the molecule is O=C(c1cccc2c1NCCN2)N1CCCCCCC1. The normalized spacial score (nSPS) is 19.1. The number of amides is 1. The van der Waals surface area contributed by atoms with Gasteiger partial charge in [-0.05, 0) is 25.0 Å². The lowest BCUT2D eigenvalue weighted by molar-refractivity contribution is 0.0743. The molecule has 1 amide bonds. The number of carbonyl (C=O) groups is 1. The van der Waals surface area contributed by atoms with Crippen molar-refractivity contribution in [3.8, 4) is 0 Å². The van der Waals surface area contributed by atoms with Gasteiger partial charge in [-0.15, -0.1) is 0 Å². The maximum absolute atomic E-state index is 12.8. The maximum atomic E-state index is 12.8. The zero-order valence-corrected chi connectivity index (χ0v) is 12.0. The Kier molecular flexibility index (Phi) is 4.09. The molecule has 2 aliphatic heterocycles. The number of nitrogens with one attached hydrogen (secondary N) is 2. The molecule has 1 fully saturated rings. The van der Waals surface area contributed by atoms with Gasteiger partial charge in [0.05, 0.1) is 16.9 Å². The van der Waals surface area contributed by atoms with Crippen LogP contribution in [0.25, 0.3) is 0 Å². The van der Waals surface area contributed by atoms with Crippen LogP contribution in [0.4, 0.5) is 11.4 Å². The third kappa shape index (κ3) is 2.74. The molecular formula is C16H23N3O. The van der Waals surface area contributed by atoms with Crippen molar-refractivity contribution in [1.82, 2.24) is 4.90 Å². The molecule has 4 heteroatoms. The van der Waals surface area contributed by atoms with Crippen molar-refractivity contribution in [1.29, 1.82) is 0 Å². The van der Waals surface area contributed by atoms with Gasteiger partial charge < -0.3 is 15.5 Å². The lowest BCUT2D eigenvalue weighted by Gasteiger charge is -2.28. The molecule has 0 radical (unpaired) electrons. The quantitative estimate of drug-likeness (QED) is 0.827. The molecule has 108 valence electrons. The fourth-order valence-corrected chi connectivity index (χ4v) is 3.07. The minimum Gasteiger partial charge on any atom is -0.382 e. The first-order valence-corrected chi connectivity index (χ1v) is 7.76. The van der Waals surface area contributed by atoms with Crippen LogP contribution in [0.3, 0.4) is 0 Å². The summed E-state index contributed by atoms with van der Waals surface area (Å²) < 4.78 is 0. The van der Waals surface area contributed by atoms with Gasteiger partial charge in [0.1, 0.15) is 0 Å². The van der Waals surface area contributed by atoms with Crippen LogP contribution in [0.1, 0.15) is 42.5 Å². The zero-order valence-electron chi connectivity index (χ0n) is 12.0. The minimum absolute atomic E-state index is 0.181. The highest BCUT2D eigenvalue weighted by molar-refractivity contribution is 6.02. The third-order valence-electron chi connectivity index (χ3n) is 4.18. The highest BCUT2D eigenvalue weighted by Crippen LogP contribution is 2.29. The van der Waals surface area contributed by atoms with E-state index in [1.165, 1.54) is 19.3 Å². The van der Waals surface area contributed by atoms with Crippen LogP contribution in [-0.4, -0.2) is 37.0 Å². The van der Waals surface area contributed by atoms with Crippen LogP contribution in [0.15, 0.2) is 18.2 Å². The van der Waals surface area contributed by atoms with Gasteiger partial charge in [-0.2, -0.15) is 0 Å². The fourth-order valence-electron chi connectivity index (χ4n) is 3.07. The molecule has 4 nitrogen and oxygen atoms in total. The highest BCUT2D eigenvalue weighted by atomic mass is 16.2. The Labute approximate surface area is 120 Å². The fraction of sp³-hybridized carbons (Fsp3) is 0.562. The van der Waals surface area contributed by atoms with Crippen molar-refractivity contribution < 1.29 is 4.79 Å². The molecule has 0 saturated carbocycles. The molecule has 0 bridgehead atoms. The van der Waals surface area contributed by atoms with Crippen molar-refractivity contribution in [2.24, 2.45) is 0 Å². The number of hydrogen-bond donors (Lipinski definition) is 2. The molecule has 0 atom stereocenters. The second-order valence-electron chi connectivity index (χ2n) is 5.64. The first kappa shape index (κ1) is 13.3. The Bertz CT molecular complexity index is 479. The van der Waals surface area contributed by atoms with Gasteiger partial charge in [-0.3, -0.25) is 4.79 Å². The maximum Gasteiger partial charge on any atom is 0.256 e.